The van der Waals surface area contributed by atoms with E-state index in [0.29, 0.717) is 11.3 Å². The maximum absolute atomic E-state index is 12.4. The Morgan fingerprint density at radius 1 is 1.04 bits per heavy atom. The molecular weight excluding hydrogens is 374 g/mol. The Bertz CT molecular complexity index is 740. The summed E-state index contributed by atoms with van der Waals surface area (Å²) in [5, 5.41) is 11.3. The summed E-state index contributed by atoms with van der Waals surface area (Å²) >= 11 is 0. The zero-order chi connectivity index (χ0) is 19.3. The summed E-state index contributed by atoms with van der Waals surface area (Å²) in [6, 6.07) is 16.6. The molecule has 0 aliphatic heterocycles. The van der Waals surface area contributed by atoms with Crippen molar-refractivity contribution in [3.8, 4) is 5.75 Å². The zero-order valence-corrected chi connectivity index (χ0v) is 17.5. The third-order valence-corrected chi connectivity index (χ3v) is 5.42. The topological polar surface area (TPSA) is 49.8 Å². The molecule has 0 saturated heterocycles. The fourth-order valence-electron chi connectivity index (χ4n) is 3.97. The van der Waals surface area contributed by atoms with Crippen LogP contribution in [0.2, 0.25) is 0 Å². The average molecular weight is 404 g/mol. The van der Waals surface area contributed by atoms with Gasteiger partial charge < -0.3 is 14.7 Å². The largest absolute Gasteiger partial charge is 0.423 e. The molecule has 28 heavy (non-hydrogen) atoms. The van der Waals surface area contributed by atoms with E-state index < -0.39 is 5.60 Å². The summed E-state index contributed by atoms with van der Waals surface area (Å²) in [7, 11) is 4.07. The number of carbonyl (C=O) groups excluding carboxylic acids is 1. The molecule has 0 spiro atoms. The molecule has 0 bridgehead atoms. The molecule has 1 fully saturated rings. The number of carbonyl (C=O) groups is 1. The van der Waals surface area contributed by atoms with Crippen molar-refractivity contribution in [1.82, 2.24) is 4.90 Å². The van der Waals surface area contributed by atoms with Gasteiger partial charge in [-0.15, -0.1) is 12.4 Å². The molecule has 1 N–H and O–H groups in total. The van der Waals surface area contributed by atoms with Gasteiger partial charge in [0.05, 0.1) is 11.2 Å². The summed E-state index contributed by atoms with van der Waals surface area (Å²) in [6.45, 7) is 0.782. The molecule has 5 heteroatoms. The van der Waals surface area contributed by atoms with Crippen molar-refractivity contribution in [2.24, 2.45) is 0 Å². The second kappa shape index (κ2) is 10.1. The summed E-state index contributed by atoms with van der Waals surface area (Å²) in [6.07, 6.45) is 5.01. The molecule has 0 amide bonds. The first-order chi connectivity index (χ1) is 13.0. The Balaban J connectivity index is 0.00000280. The number of nitrogens with zero attached hydrogens (tertiary/aromatic N) is 1. The lowest BCUT2D eigenvalue weighted by molar-refractivity contribution is -0.0277. The summed E-state index contributed by atoms with van der Waals surface area (Å²) in [5.74, 6) is 0.203. The van der Waals surface area contributed by atoms with E-state index in [0.717, 1.165) is 37.8 Å². The van der Waals surface area contributed by atoms with Crippen LogP contribution in [0.3, 0.4) is 0 Å². The van der Waals surface area contributed by atoms with E-state index in [4.69, 9.17) is 4.74 Å². The number of likely N-dealkylation sites (N-methyl/N-ethyl adjacent to an activating group) is 1. The lowest BCUT2D eigenvalue weighted by atomic mass is 9.72. The molecule has 0 aromatic heterocycles. The van der Waals surface area contributed by atoms with E-state index in [1.54, 1.807) is 24.3 Å². The Labute approximate surface area is 173 Å². The minimum absolute atomic E-state index is 0. The van der Waals surface area contributed by atoms with Crippen molar-refractivity contribution in [2.45, 2.75) is 43.6 Å². The number of hydrogen-bond acceptors (Lipinski definition) is 4. The van der Waals surface area contributed by atoms with Gasteiger partial charge in [0.1, 0.15) is 5.75 Å². The highest BCUT2D eigenvalue weighted by Crippen LogP contribution is 2.40. The Hall–Kier alpha value is -1.88. The maximum atomic E-state index is 12.4. The van der Waals surface area contributed by atoms with Gasteiger partial charge in [-0.05, 0) is 56.8 Å². The molecule has 0 heterocycles. The van der Waals surface area contributed by atoms with Crippen LogP contribution >= 0.6 is 12.4 Å². The van der Waals surface area contributed by atoms with Crippen LogP contribution in [0.15, 0.2) is 54.6 Å². The Kier molecular flexibility index (Phi) is 8.05. The highest BCUT2D eigenvalue weighted by Gasteiger charge is 2.38. The molecule has 4 nitrogen and oxygen atoms in total. The van der Waals surface area contributed by atoms with Gasteiger partial charge in [-0.3, -0.25) is 0 Å². The SMILES string of the molecule is CN(C)CC(c1ccc(C(=O)Oc2ccccc2)cc1)C1(O)CCCCC1.Cl. The van der Waals surface area contributed by atoms with Gasteiger partial charge in [-0.1, -0.05) is 49.6 Å². The van der Waals surface area contributed by atoms with Crippen molar-refractivity contribution in [3.63, 3.8) is 0 Å². The lowest BCUT2D eigenvalue weighted by Crippen LogP contribution is -2.42. The zero-order valence-electron chi connectivity index (χ0n) is 16.6. The van der Waals surface area contributed by atoms with E-state index >= 15 is 0 Å². The van der Waals surface area contributed by atoms with Gasteiger partial charge in [0.2, 0.25) is 0 Å². The molecule has 3 rings (SSSR count). The molecule has 152 valence electrons. The molecule has 0 radical (unpaired) electrons. The highest BCUT2D eigenvalue weighted by atomic mass is 35.5. The molecule has 2 aromatic carbocycles. The van der Waals surface area contributed by atoms with Crippen LogP contribution in [-0.2, 0) is 0 Å². The van der Waals surface area contributed by atoms with Crippen LogP contribution < -0.4 is 4.74 Å². The van der Waals surface area contributed by atoms with Crippen LogP contribution in [0, 0.1) is 0 Å². The minimum atomic E-state index is -0.672. The fraction of sp³-hybridized carbons (Fsp3) is 0.435. The van der Waals surface area contributed by atoms with Crippen molar-refractivity contribution < 1.29 is 14.6 Å². The second-order valence-corrected chi connectivity index (χ2v) is 7.80. The van der Waals surface area contributed by atoms with Crippen molar-refractivity contribution >= 4 is 18.4 Å². The third kappa shape index (κ3) is 5.57. The Morgan fingerprint density at radius 2 is 1.64 bits per heavy atom. The molecular formula is C23H30ClNO3. The van der Waals surface area contributed by atoms with E-state index in [2.05, 4.69) is 4.90 Å². The van der Waals surface area contributed by atoms with Gasteiger partial charge in [0.25, 0.3) is 0 Å². The predicted octanol–water partition coefficient (Wildman–Crippen LogP) is 4.67. The number of halogens is 1. The van der Waals surface area contributed by atoms with Crippen LogP contribution in [0.1, 0.15) is 53.9 Å². The molecule has 1 atom stereocenters. The normalized spacial score (nSPS) is 16.9. The molecule has 1 aliphatic carbocycles. The maximum Gasteiger partial charge on any atom is 0.343 e. The molecule has 1 unspecified atom stereocenters. The first-order valence-electron chi connectivity index (χ1n) is 9.72. The highest BCUT2D eigenvalue weighted by molar-refractivity contribution is 5.91. The number of rotatable bonds is 6. The summed E-state index contributed by atoms with van der Waals surface area (Å²) in [4.78, 5) is 14.5. The predicted molar refractivity (Wildman–Crippen MR) is 114 cm³/mol. The average Bonchev–Trinajstić information content (AvgIpc) is 2.67. The van der Waals surface area contributed by atoms with E-state index in [-0.39, 0.29) is 24.3 Å². The van der Waals surface area contributed by atoms with Gasteiger partial charge in [-0.25, -0.2) is 4.79 Å². The quantitative estimate of drug-likeness (QED) is 0.562. The molecule has 1 saturated carbocycles. The molecule has 1 aliphatic rings. The van der Waals surface area contributed by atoms with E-state index in [1.165, 1.54) is 6.42 Å². The second-order valence-electron chi connectivity index (χ2n) is 7.80. The summed E-state index contributed by atoms with van der Waals surface area (Å²) in [5.41, 5.74) is 0.917. The van der Waals surface area contributed by atoms with Crippen molar-refractivity contribution in [1.29, 1.82) is 0 Å². The first kappa shape index (κ1) is 22.4. The standard InChI is InChI=1S/C23H29NO3.ClH/c1-24(2)17-21(23(26)15-7-4-8-16-23)18-11-13-19(14-12-18)22(25)27-20-9-5-3-6-10-20;/h3,5-6,9-14,21,26H,4,7-8,15-17H2,1-2H3;1H. The van der Waals surface area contributed by atoms with Gasteiger partial charge in [0, 0.05) is 12.5 Å². The van der Waals surface area contributed by atoms with Crippen LogP contribution in [0.4, 0.5) is 0 Å². The number of aliphatic hydroxyl groups is 1. The molecule has 2 aromatic rings. The number of hydrogen-bond donors (Lipinski definition) is 1. The number of ether oxygens (including phenoxy) is 1. The minimum Gasteiger partial charge on any atom is -0.423 e. The van der Waals surface area contributed by atoms with Crippen LogP contribution in [-0.4, -0.2) is 42.2 Å². The van der Waals surface area contributed by atoms with Crippen molar-refractivity contribution in [3.05, 3.63) is 65.7 Å². The van der Waals surface area contributed by atoms with Gasteiger partial charge in [-0.2, -0.15) is 0 Å². The number of para-hydroxylation sites is 1. The smallest absolute Gasteiger partial charge is 0.343 e. The lowest BCUT2D eigenvalue weighted by Gasteiger charge is -2.40. The van der Waals surface area contributed by atoms with E-state index in [9.17, 15) is 9.90 Å². The van der Waals surface area contributed by atoms with Crippen LogP contribution in [0.25, 0.3) is 0 Å². The van der Waals surface area contributed by atoms with E-state index in [1.807, 2.05) is 44.4 Å². The monoisotopic (exact) mass is 403 g/mol. The number of benzene rings is 2. The van der Waals surface area contributed by atoms with Gasteiger partial charge in [0.15, 0.2) is 0 Å². The van der Waals surface area contributed by atoms with Gasteiger partial charge >= 0.3 is 5.97 Å². The van der Waals surface area contributed by atoms with Crippen molar-refractivity contribution in [2.75, 3.05) is 20.6 Å². The third-order valence-electron chi connectivity index (χ3n) is 5.42. The first-order valence-corrected chi connectivity index (χ1v) is 9.72. The number of esters is 1. The fourth-order valence-corrected chi connectivity index (χ4v) is 3.97. The van der Waals surface area contributed by atoms with Crippen LogP contribution in [0.5, 0.6) is 5.75 Å². The Morgan fingerprint density at radius 3 is 2.21 bits per heavy atom. The summed E-state index contributed by atoms with van der Waals surface area (Å²) < 4.78 is 5.40.